The summed E-state index contributed by atoms with van der Waals surface area (Å²) < 4.78 is 1.70. The number of anilines is 1. The van der Waals surface area contributed by atoms with Gasteiger partial charge in [-0.1, -0.05) is 12.8 Å². The van der Waals surface area contributed by atoms with E-state index in [1.54, 1.807) is 16.9 Å². The lowest BCUT2D eigenvalue weighted by Crippen LogP contribution is -2.48. The molecule has 3 rings (SSSR count). The van der Waals surface area contributed by atoms with E-state index in [2.05, 4.69) is 25.4 Å². The first-order valence-electron chi connectivity index (χ1n) is 6.28. The number of nitrogens with zero attached hydrogens (tertiary/aromatic N) is 6. The molecule has 7 nitrogen and oxygen atoms in total. The number of nitrogens with two attached hydrogens (primary N) is 1. The van der Waals surface area contributed by atoms with Gasteiger partial charge in [0, 0.05) is 19.1 Å². The van der Waals surface area contributed by atoms with Gasteiger partial charge in [0.2, 0.25) is 0 Å². The third-order valence-electron chi connectivity index (χ3n) is 3.73. The Labute approximate surface area is 105 Å². The van der Waals surface area contributed by atoms with Crippen molar-refractivity contribution in [2.75, 3.05) is 11.9 Å². The molecule has 0 amide bonds. The van der Waals surface area contributed by atoms with Crippen LogP contribution in [0.1, 0.15) is 25.7 Å². The molecule has 0 aromatic carbocycles. The van der Waals surface area contributed by atoms with Crippen LogP contribution in [0.2, 0.25) is 0 Å². The Morgan fingerprint density at radius 3 is 3.00 bits per heavy atom. The van der Waals surface area contributed by atoms with Gasteiger partial charge in [0.1, 0.15) is 0 Å². The normalized spacial score (nSPS) is 24.3. The van der Waals surface area contributed by atoms with Crippen LogP contribution >= 0.6 is 0 Å². The van der Waals surface area contributed by atoms with E-state index in [1.807, 2.05) is 7.05 Å². The van der Waals surface area contributed by atoms with E-state index in [0.717, 1.165) is 18.7 Å². The molecule has 96 valence electrons. The lowest BCUT2D eigenvalue weighted by atomic mass is 9.90. The van der Waals surface area contributed by atoms with Crippen LogP contribution in [0, 0.1) is 0 Å². The zero-order valence-electron chi connectivity index (χ0n) is 10.4. The van der Waals surface area contributed by atoms with Crippen LogP contribution in [0.5, 0.6) is 0 Å². The summed E-state index contributed by atoms with van der Waals surface area (Å²) in [5.74, 6) is 0.889. The second-order valence-electron chi connectivity index (χ2n) is 4.84. The summed E-state index contributed by atoms with van der Waals surface area (Å²) in [7, 11) is 2.04. The molecule has 7 heteroatoms. The molecule has 2 N–H and O–H groups in total. The molecule has 2 aromatic rings. The zero-order chi connectivity index (χ0) is 12.5. The Kier molecular flexibility index (Phi) is 2.83. The molecule has 2 heterocycles. The molecule has 18 heavy (non-hydrogen) atoms. The van der Waals surface area contributed by atoms with Gasteiger partial charge in [0.05, 0.1) is 12.4 Å². The fourth-order valence-corrected chi connectivity index (χ4v) is 2.69. The van der Waals surface area contributed by atoms with Gasteiger partial charge in [-0.05, 0) is 23.3 Å². The van der Waals surface area contributed by atoms with Crippen molar-refractivity contribution in [2.45, 2.75) is 37.8 Å². The van der Waals surface area contributed by atoms with Crippen LogP contribution in [-0.4, -0.2) is 44.2 Å². The predicted molar refractivity (Wildman–Crippen MR) is 67.2 cm³/mol. The van der Waals surface area contributed by atoms with Crippen molar-refractivity contribution in [1.29, 1.82) is 0 Å². The monoisotopic (exact) mass is 247 g/mol. The number of rotatable bonds is 2. The standard InChI is InChI=1S/C11H17N7/c1-17(9-5-3-2-4-8(9)12)11-7-13-6-10-14-15-16-18(10)11/h6-9H,2-5,12H2,1H3. The highest BCUT2D eigenvalue weighted by Gasteiger charge is 2.27. The molecule has 0 saturated heterocycles. The molecule has 1 aliphatic carbocycles. The van der Waals surface area contributed by atoms with Crippen molar-refractivity contribution in [2.24, 2.45) is 5.73 Å². The Balaban J connectivity index is 1.95. The van der Waals surface area contributed by atoms with E-state index in [9.17, 15) is 0 Å². The van der Waals surface area contributed by atoms with Gasteiger partial charge in [-0.2, -0.15) is 4.52 Å². The Morgan fingerprint density at radius 1 is 1.33 bits per heavy atom. The van der Waals surface area contributed by atoms with Crippen molar-refractivity contribution in [3.63, 3.8) is 0 Å². The van der Waals surface area contributed by atoms with Crippen molar-refractivity contribution >= 4 is 11.5 Å². The number of hydrogen-bond acceptors (Lipinski definition) is 6. The van der Waals surface area contributed by atoms with E-state index in [-0.39, 0.29) is 6.04 Å². The number of tetrazole rings is 1. The van der Waals surface area contributed by atoms with Crippen molar-refractivity contribution in [1.82, 2.24) is 25.0 Å². The fourth-order valence-electron chi connectivity index (χ4n) is 2.69. The summed E-state index contributed by atoms with van der Waals surface area (Å²) in [5, 5.41) is 11.6. The molecule has 0 bridgehead atoms. The minimum Gasteiger partial charge on any atom is -0.354 e. The number of fused-ring (bicyclic) bond motifs is 1. The van der Waals surface area contributed by atoms with Crippen LogP contribution in [-0.2, 0) is 0 Å². The van der Waals surface area contributed by atoms with E-state index in [0.29, 0.717) is 11.7 Å². The third kappa shape index (κ3) is 1.80. The van der Waals surface area contributed by atoms with E-state index < -0.39 is 0 Å². The van der Waals surface area contributed by atoms with Crippen LogP contribution in [0.15, 0.2) is 12.4 Å². The number of aromatic nitrogens is 5. The second-order valence-corrected chi connectivity index (χ2v) is 4.84. The van der Waals surface area contributed by atoms with Crippen LogP contribution in [0.4, 0.5) is 5.82 Å². The SMILES string of the molecule is CN(c1cncc2nnnn12)C1CCCCC1N. The molecule has 1 aliphatic rings. The van der Waals surface area contributed by atoms with E-state index in [4.69, 9.17) is 5.73 Å². The highest BCUT2D eigenvalue weighted by Crippen LogP contribution is 2.24. The molecule has 2 atom stereocenters. The van der Waals surface area contributed by atoms with E-state index >= 15 is 0 Å². The predicted octanol–water partition coefficient (Wildman–Crippen LogP) is 0.225. The summed E-state index contributed by atoms with van der Waals surface area (Å²) in [5.41, 5.74) is 6.87. The average molecular weight is 247 g/mol. The third-order valence-corrected chi connectivity index (χ3v) is 3.73. The van der Waals surface area contributed by atoms with Gasteiger partial charge in [0.15, 0.2) is 11.5 Å². The van der Waals surface area contributed by atoms with Gasteiger partial charge in [-0.15, -0.1) is 5.10 Å². The highest BCUT2D eigenvalue weighted by molar-refractivity contribution is 5.46. The quantitative estimate of drug-likeness (QED) is 0.817. The zero-order valence-corrected chi connectivity index (χ0v) is 10.4. The number of likely N-dealkylation sites (N-methyl/N-ethyl adjacent to an activating group) is 1. The minimum absolute atomic E-state index is 0.204. The lowest BCUT2D eigenvalue weighted by Gasteiger charge is -2.36. The first-order chi connectivity index (χ1) is 8.77. The topological polar surface area (TPSA) is 85.2 Å². The summed E-state index contributed by atoms with van der Waals surface area (Å²) in [6, 6.07) is 0.533. The Bertz CT molecular complexity index is 537. The van der Waals surface area contributed by atoms with Crippen LogP contribution in [0.3, 0.4) is 0 Å². The average Bonchev–Trinajstić information content (AvgIpc) is 2.86. The molecular formula is C11H17N7. The first-order valence-corrected chi connectivity index (χ1v) is 6.28. The molecule has 0 radical (unpaired) electrons. The maximum atomic E-state index is 6.21. The molecular weight excluding hydrogens is 230 g/mol. The van der Waals surface area contributed by atoms with E-state index in [1.165, 1.54) is 12.8 Å². The largest absolute Gasteiger partial charge is 0.354 e. The molecule has 0 aliphatic heterocycles. The van der Waals surface area contributed by atoms with Gasteiger partial charge in [-0.3, -0.25) is 4.98 Å². The minimum atomic E-state index is 0.204. The summed E-state index contributed by atoms with van der Waals surface area (Å²) in [6.45, 7) is 0. The fraction of sp³-hybridized carbons (Fsp3) is 0.636. The second kappa shape index (κ2) is 4.49. The van der Waals surface area contributed by atoms with Gasteiger partial charge in [0.25, 0.3) is 0 Å². The lowest BCUT2D eigenvalue weighted by molar-refractivity contribution is 0.371. The molecule has 1 fully saturated rings. The van der Waals surface area contributed by atoms with Gasteiger partial charge < -0.3 is 10.6 Å². The summed E-state index contributed by atoms with van der Waals surface area (Å²) in [4.78, 5) is 6.33. The van der Waals surface area contributed by atoms with Crippen molar-refractivity contribution in [3.05, 3.63) is 12.4 Å². The maximum Gasteiger partial charge on any atom is 0.199 e. The molecule has 1 saturated carbocycles. The summed E-state index contributed by atoms with van der Waals surface area (Å²) >= 11 is 0. The number of hydrogen-bond donors (Lipinski definition) is 1. The Hall–Kier alpha value is -1.76. The maximum absolute atomic E-state index is 6.21. The van der Waals surface area contributed by atoms with Crippen molar-refractivity contribution in [3.8, 4) is 0 Å². The Morgan fingerprint density at radius 2 is 2.17 bits per heavy atom. The molecule has 0 spiro atoms. The molecule has 2 unspecified atom stereocenters. The first kappa shape index (κ1) is 11.3. The van der Waals surface area contributed by atoms with Crippen LogP contribution < -0.4 is 10.6 Å². The highest BCUT2D eigenvalue weighted by atomic mass is 15.5. The molecule has 2 aromatic heterocycles. The van der Waals surface area contributed by atoms with Crippen LogP contribution in [0.25, 0.3) is 5.65 Å². The van der Waals surface area contributed by atoms with Crippen molar-refractivity contribution < 1.29 is 0 Å². The smallest absolute Gasteiger partial charge is 0.199 e. The van der Waals surface area contributed by atoms with Gasteiger partial charge in [-0.25, -0.2) is 0 Å². The summed E-state index contributed by atoms with van der Waals surface area (Å²) in [6.07, 6.45) is 8.06. The van der Waals surface area contributed by atoms with Gasteiger partial charge >= 0.3 is 0 Å².